The van der Waals surface area contributed by atoms with Crippen LogP contribution in [0.1, 0.15) is 54.4 Å². The lowest BCUT2D eigenvalue weighted by Gasteiger charge is -2.36. The van der Waals surface area contributed by atoms with Gasteiger partial charge in [-0.25, -0.2) is 0 Å². The Morgan fingerprint density at radius 3 is 2.16 bits per heavy atom. The molecular formula is C16H32O3. The SMILES string of the molecule is C=CCC(C)(CC)OCC(C)C(C)(C)OCC(C)O. The van der Waals surface area contributed by atoms with Gasteiger partial charge in [0.1, 0.15) is 0 Å². The van der Waals surface area contributed by atoms with Crippen molar-refractivity contribution >= 4 is 0 Å². The Labute approximate surface area is 119 Å². The van der Waals surface area contributed by atoms with Gasteiger partial charge in [-0.3, -0.25) is 0 Å². The van der Waals surface area contributed by atoms with Gasteiger partial charge in [0.15, 0.2) is 0 Å². The predicted octanol–water partition coefficient (Wildman–Crippen LogP) is 3.56. The van der Waals surface area contributed by atoms with Crippen LogP contribution in [0.4, 0.5) is 0 Å². The molecule has 0 aromatic heterocycles. The highest BCUT2D eigenvalue weighted by Gasteiger charge is 2.30. The van der Waals surface area contributed by atoms with Gasteiger partial charge in [0.2, 0.25) is 0 Å². The monoisotopic (exact) mass is 272 g/mol. The molecule has 3 atom stereocenters. The lowest BCUT2D eigenvalue weighted by atomic mass is 9.92. The van der Waals surface area contributed by atoms with E-state index in [4.69, 9.17) is 9.47 Å². The van der Waals surface area contributed by atoms with Gasteiger partial charge in [-0.2, -0.15) is 0 Å². The first-order valence-electron chi connectivity index (χ1n) is 7.23. The van der Waals surface area contributed by atoms with Crippen molar-refractivity contribution in [2.45, 2.75) is 71.7 Å². The molecule has 1 N–H and O–H groups in total. The highest BCUT2D eigenvalue weighted by Crippen LogP contribution is 2.26. The summed E-state index contributed by atoms with van der Waals surface area (Å²) in [5.41, 5.74) is -0.448. The van der Waals surface area contributed by atoms with E-state index in [-0.39, 0.29) is 17.1 Å². The topological polar surface area (TPSA) is 38.7 Å². The van der Waals surface area contributed by atoms with Crippen molar-refractivity contribution in [1.82, 2.24) is 0 Å². The Bertz CT molecular complexity index is 261. The Hall–Kier alpha value is -0.380. The third kappa shape index (κ3) is 7.09. The quantitative estimate of drug-likeness (QED) is 0.618. The average molecular weight is 272 g/mol. The molecule has 0 radical (unpaired) electrons. The van der Waals surface area contributed by atoms with Gasteiger partial charge < -0.3 is 14.6 Å². The Kier molecular flexibility index (Phi) is 7.87. The summed E-state index contributed by atoms with van der Waals surface area (Å²) in [5.74, 6) is 0.252. The molecule has 0 fully saturated rings. The fourth-order valence-corrected chi connectivity index (χ4v) is 1.62. The van der Waals surface area contributed by atoms with Gasteiger partial charge in [-0.15, -0.1) is 6.58 Å². The van der Waals surface area contributed by atoms with E-state index in [1.54, 1.807) is 6.92 Å². The molecule has 0 amide bonds. The molecule has 0 aliphatic carbocycles. The fourth-order valence-electron chi connectivity index (χ4n) is 1.62. The molecule has 3 nitrogen and oxygen atoms in total. The second kappa shape index (κ2) is 8.03. The second-order valence-electron chi connectivity index (χ2n) is 6.27. The summed E-state index contributed by atoms with van der Waals surface area (Å²) < 4.78 is 11.8. The van der Waals surface area contributed by atoms with E-state index in [2.05, 4.69) is 27.4 Å². The maximum atomic E-state index is 9.30. The van der Waals surface area contributed by atoms with Gasteiger partial charge in [0.05, 0.1) is 30.5 Å². The van der Waals surface area contributed by atoms with Crippen molar-refractivity contribution in [3.05, 3.63) is 12.7 Å². The summed E-state index contributed by atoms with van der Waals surface area (Å²) in [7, 11) is 0. The van der Waals surface area contributed by atoms with Crippen LogP contribution < -0.4 is 0 Å². The molecule has 0 aromatic carbocycles. The van der Waals surface area contributed by atoms with Gasteiger partial charge in [-0.1, -0.05) is 19.9 Å². The van der Waals surface area contributed by atoms with Crippen molar-refractivity contribution in [1.29, 1.82) is 0 Å². The standard InChI is InChI=1S/C16H32O3/c1-8-10-16(7,9-2)19-11-13(3)15(5,6)18-12-14(4)17/h8,13-14,17H,1,9-12H2,2-7H3. The van der Waals surface area contributed by atoms with Gasteiger partial charge in [-0.05, 0) is 40.5 Å². The van der Waals surface area contributed by atoms with Gasteiger partial charge in [0.25, 0.3) is 0 Å². The molecule has 0 rings (SSSR count). The lowest BCUT2D eigenvalue weighted by molar-refractivity contribution is -0.123. The maximum Gasteiger partial charge on any atom is 0.0745 e. The zero-order chi connectivity index (χ0) is 15.1. The van der Waals surface area contributed by atoms with Crippen molar-refractivity contribution in [3.8, 4) is 0 Å². The van der Waals surface area contributed by atoms with E-state index in [9.17, 15) is 5.11 Å². The van der Waals surface area contributed by atoms with E-state index in [1.807, 2.05) is 19.9 Å². The van der Waals surface area contributed by atoms with E-state index < -0.39 is 6.10 Å². The smallest absolute Gasteiger partial charge is 0.0745 e. The van der Waals surface area contributed by atoms with Crippen LogP contribution in [0.25, 0.3) is 0 Å². The van der Waals surface area contributed by atoms with Crippen LogP contribution in [0.5, 0.6) is 0 Å². The molecule has 0 aliphatic heterocycles. The minimum atomic E-state index is -0.436. The summed E-state index contributed by atoms with van der Waals surface area (Å²) in [6, 6.07) is 0. The van der Waals surface area contributed by atoms with Crippen LogP contribution in [-0.2, 0) is 9.47 Å². The van der Waals surface area contributed by atoms with E-state index in [0.29, 0.717) is 13.2 Å². The summed E-state index contributed by atoms with van der Waals surface area (Å²) >= 11 is 0. The number of ether oxygens (including phenoxy) is 2. The Morgan fingerprint density at radius 1 is 1.16 bits per heavy atom. The van der Waals surface area contributed by atoms with Crippen molar-refractivity contribution in [3.63, 3.8) is 0 Å². The molecule has 0 bridgehead atoms. The minimum Gasteiger partial charge on any atom is -0.391 e. The third-order valence-corrected chi connectivity index (χ3v) is 3.89. The Morgan fingerprint density at radius 2 is 1.74 bits per heavy atom. The number of aliphatic hydroxyl groups excluding tert-OH is 1. The van der Waals surface area contributed by atoms with Crippen LogP contribution in [0.3, 0.4) is 0 Å². The molecule has 19 heavy (non-hydrogen) atoms. The van der Waals surface area contributed by atoms with Crippen molar-refractivity contribution in [2.24, 2.45) is 5.92 Å². The normalized spacial score (nSPS) is 18.7. The number of rotatable bonds is 10. The fraction of sp³-hybridized carbons (Fsp3) is 0.875. The van der Waals surface area contributed by atoms with Crippen LogP contribution in [0, 0.1) is 5.92 Å². The number of aliphatic hydroxyl groups is 1. The summed E-state index contributed by atoms with van der Waals surface area (Å²) in [4.78, 5) is 0. The van der Waals surface area contributed by atoms with Crippen molar-refractivity contribution < 1.29 is 14.6 Å². The largest absolute Gasteiger partial charge is 0.391 e. The van der Waals surface area contributed by atoms with Crippen LogP contribution >= 0.6 is 0 Å². The number of hydrogen-bond donors (Lipinski definition) is 1. The molecule has 3 heteroatoms. The summed E-state index contributed by atoms with van der Waals surface area (Å²) in [6.45, 7) is 17.0. The first-order valence-corrected chi connectivity index (χ1v) is 7.23. The molecule has 0 saturated heterocycles. The van der Waals surface area contributed by atoms with Gasteiger partial charge in [0, 0.05) is 5.92 Å². The van der Waals surface area contributed by atoms with Gasteiger partial charge >= 0.3 is 0 Å². The van der Waals surface area contributed by atoms with Crippen LogP contribution in [0.15, 0.2) is 12.7 Å². The molecule has 0 aliphatic rings. The molecule has 0 heterocycles. The second-order valence-corrected chi connectivity index (χ2v) is 6.27. The summed E-state index contributed by atoms with van der Waals surface area (Å²) in [6.07, 6.45) is 3.28. The van der Waals surface area contributed by atoms with E-state index >= 15 is 0 Å². The lowest BCUT2D eigenvalue weighted by Crippen LogP contribution is -2.40. The summed E-state index contributed by atoms with van der Waals surface area (Å²) in [5, 5.41) is 9.30. The Balaban J connectivity index is 4.34. The van der Waals surface area contributed by atoms with E-state index in [0.717, 1.165) is 12.8 Å². The van der Waals surface area contributed by atoms with Crippen LogP contribution in [0.2, 0.25) is 0 Å². The predicted molar refractivity (Wildman–Crippen MR) is 80.3 cm³/mol. The molecule has 3 unspecified atom stereocenters. The molecule has 0 aromatic rings. The molecule has 114 valence electrons. The number of hydrogen-bond acceptors (Lipinski definition) is 3. The highest BCUT2D eigenvalue weighted by atomic mass is 16.5. The first kappa shape index (κ1) is 18.6. The highest BCUT2D eigenvalue weighted by molar-refractivity contribution is 4.85. The van der Waals surface area contributed by atoms with Crippen molar-refractivity contribution in [2.75, 3.05) is 13.2 Å². The minimum absolute atomic E-state index is 0.142. The van der Waals surface area contributed by atoms with E-state index in [1.165, 1.54) is 0 Å². The average Bonchev–Trinajstić information content (AvgIpc) is 2.34. The zero-order valence-corrected chi connectivity index (χ0v) is 13.5. The molecule has 0 saturated carbocycles. The molecule has 0 spiro atoms. The first-order chi connectivity index (χ1) is 8.67. The third-order valence-electron chi connectivity index (χ3n) is 3.89. The zero-order valence-electron chi connectivity index (χ0n) is 13.5. The maximum absolute atomic E-state index is 9.30. The molecular weight excluding hydrogens is 240 g/mol. The van der Waals surface area contributed by atoms with Crippen LogP contribution in [-0.4, -0.2) is 35.6 Å².